The van der Waals surface area contributed by atoms with Crippen molar-refractivity contribution in [1.29, 1.82) is 5.26 Å². The molecule has 0 spiro atoms. The van der Waals surface area contributed by atoms with Crippen LogP contribution in [0.5, 0.6) is 0 Å². The predicted molar refractivity (Wildman–Crippen MR) is 94.7 cm³/mol. The number of nitriles is 1. The Labute approximate surface area is 143 Å². The normalized spacial score (nSPS) is 11.3. The quantitative estimate of drug-likeness (QED) is 0.397. The molecule has 0 saturated carbocycles. The molecule has 0 aliphatic carbocycles. The maximum Gasteiger partial charge on any atom is 0.338 e. The molecular formula is C21H21NO2. The minimum atomic E-state index is -0.345. The minimum absolute atomic E-state index is 0.334. The van der Waals surface area contributed by atoms with Crippen LogP contribution in [0.4, 0.5) is 0 Å². The second-order valence-electron chi connectivity index (χ2n) is 5.57. The predicted octanol–water partition coefficient (Wildman–Crippen LogP) is 4.86. The van der Waals surface area contributed by atoms with Gasteiger partial charge in [-0.3, -0.25) is 0 Å². The van der Waals surface area contributed by atoms with Gasteiger partial charge in [0, 0.05) is 5.92 Å². The van der Waals surface area contributed by atoms with Crippen molar-refractivity contribution < 1.29 is 9.53 Å². The Kier molecular flexibility index (Phi) is 6.79. The lowest BCUT2D eigenvalue weighted by Crippen LogP contribution is -2.06. The van der Waals surface area contributed by atoms with Gasteiger partial charge in [-0.2, -0.15) is 5.26 Å². The fourth-order valence-electron chi connectivity index (χ4n) is 2.52. The maximum atomic E-state index is 11.9. The van der Waals surface area contributed by atoms with E-state index in [1.165, 1.54) is 5.56 Å². The van der Waals surface area contributed by atoms with E-state index in [0.717, 1.165) is 19.3 Å². The molecule has 1 atom stereocenters. The van der Waals surface area contributed by atoms with E-state index in [0.29, 0.717) is 23.7 Å². The maximum absolute atomic E-state index is 11.9. The van der Waals surface area contributed by atoms with Gasteiger partial charge in [0.1, 0.15) is 0 Å². The molecule has 0 heterocycles. The molecule has 0 aliphatic heterocycles. The van der Waals surface area contributed by atoms with Crippen LogP contribution in [0.3, 0.4) is 0 Å². The van der Waals surface area contributed by atoms with Crippen LogP contribution in [-0.4, -0.2) is 12.6 Å². The van der Waals surface area contributed by atoms with Crippen LogP contribution in [0, 0.1) is 11.3 Å². The van der Waals surface area contributed by atoms with Crippen LogP contribution in [0.25, 0.3) is 0 Å². The zero-order valence-corrected chi connectivity index (χ0v) is 13.7. The van der Waals surface area contributed by atoms with E-state index < -0.39 is 0 Å². The summed E-state index contributed by atoms with van der Waals surface area (Å²) >= 11 is 0. The van der Waals surface area contributed by atoms with E-state index in [2.05, 4.69) is 18.7 Å². The summed E-state index contributed by atoms with van der Waals surface area (Å²) < 4.78 is 5.28. The summed E-state index contributed by atoms with van der Waals surface area (Å²) in [5.41, 5.74) is 2.27. The summed E-state index contributed by atoms with van der Waals surface area (Å²) in [5.74, 6) is -0.0109. The average Bonchev–Trinajstić information content (AvgIpc) is 2.65. The first-order chi connectivity index (χ1) is 11.7. The van der Waals surface area contributed by atoms with Crippen molar-refractivity contribution in [2.75, 3.05) is 6.61 Å². The van der Waals surface area contributed by atoms with Gasteiger partial charge in [0.15, 0.2) is 0 Å². The van der Waals surface area contributed by atoms with Gasteiger partial charge in [0.25, 0.3) is 0 Å². The van der Waals surface area contributed by atoms with Crippen LogP contribution >= 0.6 is 0 Å². The van der Waals surface area contributed by atoms with E-state index in [4.69, 9.17) is 10.00 Å². The number of hydrogen-bond donors (Lipinski definition) is 0. The van der Waals surface area contributed by atoms with Crippen LogP contribution < -0.4 is 0 Å². The molecule has 0 aromatic heterocycles. The van der Waals surface area contributed by atoms with Gasteiger partial charge >= 0.3 is 5.97 Å². The second kappa shape index (κ2) is 9.32. The first-order valence-corrected chi connectivity index (χ1v) is 8.09. The summed E-state index contributed by atoms with van der Waals surface area (Å²) in [6, 6.07) is 18.8. The van der Waals surface area contributed by atoms with Gasteiger partial charge in [-0.15, -0.1) is 6.58 Å². The highest BCUT2D eigenvalue weighted by Gasteiger charge is 2.08. The highest BCUT2D eigenvalue weighted by atomic mass is 16.5. The molecule has 3 nitrogen and oxygen atoms in total. The summed E-state index contributed by atoms with van der Waals surface area (Å²) in [5, 5.41) is 8.74. The number of carbonyl (C=O) groups excluding carboxylic acids is 1. The van der Waals surface area contributed by atoms with E-state index in [1.807, 2.05) is 30.3 Å². The van der Waals surface area contributed by atoms with Crippen molar-refractivity contribution in [3.63, 3.8) is 0 Å². The van der Waals surface area contributed by atoms with Crippen molar-refractivity contribution in [2.24, 2.45) is 0 Å². The smallest absolute Gasteiger partial charge is 0.338 e. The summed E-state index contributed by atoms with van der Waals surface area (Å²) in [6.07, 6.45) is 4.74. The Morgan fingerprint density at radius 2 is 1.83 bits per heavy atom. The molecule has 2 aromatic rings. The summed E-state index contributed by atoms with van der Waals surface area (Å²) in [7, 11) is 0. The van der Waals surface area contributed by atoms with Crippen molar-refractivity contribution in [3.05, 3.63) is 83.9 Å². The third-order valence-corrected chi connectivity index (χ3v) is 3.90. The number of nitrogens with zero attached hydrogens (tertiary/aromatic N) is 1. The molecule has 0 aliphatic rings. The number of hydrogen-bond acceptors (Lipinski definition) is 3. The Balaban J connectivity index is 1.71. The molecule has 122 valence electrons. The molecule has 0 saturated heterocycles. The first kappa shape index (κ1) is 17.5. The van der Waals surface area contributed by atoms with E-state index in [1.54, 1.807) is 24.3 Å². The SMILES string of the molecule is C=C[C@H](CCCCOC(=O)c1ccc(C#N)cc1)c1ccccc1. The van der Waals surface area contributed by atoms with E-state index in [-0.39, 0.29) is 5.97 Å². The highest BCUT2D eigenvalue weighted by molar-refractivity contribution is 5.89. The van der Waals surface area contributed by atoms with E-state index in [9.17, 15) is 4.79 Å². The lowest BCUT2D eigenvalue weighted by Gasteiger charge is -2.12. The molecule has 0 bridgehead atoms. The minimum Gasteiger partial charge on any atom is -0.462 e. The second-order valence-corrected chi connectivity index (χ2v) is 5.57. The Bertz CT molecular complexity index is 699. The summed E-state index contributed by atoms with van der Waals surface area (Å²) in [4.78, 5) is 11.9. The zero-order chi connectivity index (χ0) is 17.2. The zero-order valence-electron chi connectivity index (χ0n) is 13.7. The standard InChI is InChI=1S/C21H21NO2/c1-2-18(19-9-4-3-5-10-19)8-6-7-15-24-21(23)20-13-11-17(16-22)12-14-20/h2-5,9-14,18H,1,6-8,15H2/t18-/m1/s1. The topological polar surface area (TPSA) is 50.1 Å². The molecule has 3 heteroatoms. The number of benzene rings is 2. The molecule has 0 N–H and O–H groups in total. The van der Waals surface area contributed by atoms with Crippen molar-refractivity contribution in [1.82, 2.24) is 0 Å². The van der Waals surface area contributed by atoms with Crippen LogP contribution in [0.2, 0.25) is 0 Å². The van der Waals surface area contributed by atoms with Crippen molar-refractivity contribution in [3.8, 4) is 6.07 Å². The van der Waals surface area contributed by atoms with Gasteiger partial charge < -0.3 is 4.74 Å². The monoisotopic (exact) mass is 319 g/mol. The third-order valence-electron chi connectivity index (χ3n) is 3.90. The average molecular weight is 319 g/mol. The molecular weight excluding hydrogens is 298 g/mol. The fraction of sp³-hybridized carbons (Fsp3) is 0.238. The molecule has 0 fully saturated rings. The van der Waals surface area contributed by atoms with Crippen molar-refractivity contribution >= 4 is 5.97 Å². The van der Waals surface area contributed by atoms with Crippen LogP contribution in [0.15, 0.2) is 67.3 Å². The number of rotatable bonds is 8. The molecule has 2 rings (SSSR count). The number of carbonyl (C=O) groups is 1. The first-order valence-electron chi connectivity index (χ1n) is 8.09. The molecule has 0 unspecified atom stereocenters. The molecule has 2 aromatic carbocycles. The van der Waals surface area contributed by atoms with Gasteiger partial charge in [0.2, 0.25) is 0 Å². The number of unbranched alkanes of at least 4 members (excludes halogenated alkanes) is 1. The Hall–Kier alpha value is -2.86. The Morgan fingerprint density at radius 3 is 2.46 bits per heavy atom. The number of esters is 1. The largest absolute Gasteiger partial charge is 0.462 e. The molecule has 0 amide bonds. The number of ether oxygens (including phenoxy) is 1. The number of allylic oxidation sites excluding steroid dienone is 1. The molecule has 0 radical (unpaired) electrons. The van der Waals surface area contributed by atoms with Gasteiger partial charge in [0.05, 0.1) is 23.8 Å². The van der Waals surface area contributed by atoms with Crippen LogP contribution in [0.1, 0.15) is 46.7 Å². The molecule has 24 heavy (non-hydrogen) atoms. The lowest BCUT2D eigenvalue weighted by molar-refractivity contribution is 0.0497. The highest BCUT2D eigenvalue weighted by Crippen LogP contribution is 2.22. The Morgan fingerprint density at radius 1 is 1.12 bits per heavy atom. The van der Waals surface area contributed by atoms with Crippen LogP contribution in [-0.2, 0) is 4.74 Å². The lowest BCUT2D eigenvalue weighted by atomic mass is 9.94. The van der Waals surface area contributed by atoms with Gasteiger partial charge in [-0.25, -0.2) is 4.79 Å². The van der Waals surface area contributed by atoms with Gasteiger partial charge in [-0.05, 0) is 49.1 Å². The third kappa shape index (κ3) is 5.10. The van der Waals surface area contributed by atoms with Crippen molar-refractivity contribution in [2.45, 2.75) is 25.2 Å². The van der Waals surface area contributed by atoms with Gasteiger partial charge in [-0.1, -0.05) is 36.4 Å². The summed E-state index contributed by atoms with van der Waals surface area (Å²) in [6.45, 7) is 4.31. The van der Waals surface area contributed by atoms with E-state index >= 15 is 0 Å². The fourth-order valence-corrected chi connectivity index (χ4v) is 2.52.